The lowest BCUT2D eigenvalue weighted by atomic mass is 9.86. The lowest BCUT2D eigenvalue weighted by molar-refractivity contribution is 0.145. The monoisotopic (exact) mass is 323 g/mol. The quantitative estimate of drug-likeness (QED) is 0.659. The van der Waals surface area contributed by atoms with Crippen LogP contribution in [0.15, 0.2) is 48.7 Å². The summed E-state index contributed by atoms with van der Waals surface area (Å²) >= 11 is 0. The highest BCUT2D eigenvalue weighted by Gasteiger charge is 2.14. The number of hydrogen-bond acceptors (Lipinski definition) is 2. The molecule has 0 spiro atoms. The summed E-state index contributed by atoms with van der Waals surface area (Å²) in [5, 5.41) is 9.62. The van der Waals surface area contributed by atoms with Crippen LogP contribution in [0.3, 0.4) is 0 Å². The lowest BCUT2D eigenvalue weighted by Crippen LogP contribution is -2.10. The summed E-state index contributed by atoms with van der Waals surface area (Å²) < 4.78 is 6.72. The molecule has 0 bridgehead atoms. The highest BCUT2D eigenvalue weighted by atomic mass is 16.7. The van der Waals surface area contributed by atoms with Gasteiger partial charge in [0.05, 0.1) is 5.52 Å². The molecule has 0 fully saturated rings. The van der Waals surface area contributed by atoms with Crippen LogP contribution in [0.5, 0.6) is 5.75 Å². The molecule has 1 aromatic heterocycles. The van der Waals surface area contributed by atoms with E-state index < -0.39 is 6.16 Å². The predicted molar refractivity (Wildman–Crippen MR) is 95.7 cm³/mol. The molecule has 3 aromatic rings. The van der Waals surface area contributed by atoms with Crippen LogP contribution in [-0.4, -0.2) is 15.8 Å². The van der Waals surface area contributed by atoms with E-state index in [-0.39, 0.29) is 5.41 Å². The molecule has 1 N–H and O–H groups in total. The van der Waals surface area contributed by atoms with Crippen molar-refractivity contribution in [3.8, 4) is 16.9 Å². The Labute approximate surface area is 141 Å². The summed E-state index contributed by atoms with van der Waals surface area (Å²) in [6.07, 6.45) is 0.384. The van der Waals surface area contributed by atoms with Crippen LogP contribution >= 0.6 is 0 Å². The second kappa shape index (κ2) is 5.71. The minimum atomic E-state index is -1.30. The van der Waals surface area contributed by atoms with Gasteiger partial charge in [-0.25, -0.2) is 4.79 Å². The van der Waals surface area contributed by atoms with Gasteiger partial charge in [-0.05, 0) is 34.2 Å². The average Bonchev–Trinajstić information content (AvgIpc) is 2.82. The number of carbonyl (C=O) groups is 1. The first-order valence-corrected chi connectivity index (χ1v) is 7.86. The maximum absolute atomic E-state index is 10.8. The topological polar surface area (TPSA) is 51.5 Å². The summed E-state index contributed by atoms with van der Waals surface area (Å²) in [4.78, 5) is 10.8. The van der Waals surface area contributed by atoms with Gasteiger partial charge in [-0.3, -0.25) is 0 Å². The Morgan fingerprint density at radius 3 is 2.25 bits per heavy atom. The molecule has 0 aliphatic rings. The molecule has 124 valence electrons. The van der Waals surface area contributed by atoms with Crippen molar-refractivity contribution in [3.05, 3.63) is 54.2 Å². The Bertz CT molecular complexity index is 899. The molecule has 1 heterocycles. The van der Waals surface area contributed by atoms with Crippen LogP contribution in [0.4, 0.5) is 4.79 Å². The van der Waals surface area contributed by atoms with Crippen LogP contribution in [0.2, 0.25) is 0 Å². The molecule has 24 heavy (non-hydrogen) atoms. The van der Waals surface area contributed by atoms with Gasteiger partial charge in [0.1, 0.15) is 0 Å². The maximum atomic E-state index is 10.8. The third kappa shape index (κ3) is 3.00. The molecule has 0 aliphatic carbocycles. The van der Waals surface area contributed by atoms with Gasteiger partial charge in [0.15, 0.2) is 5.75 Å². The minimum Gasteiger partial charge on any atom is -0.449 e. The molecular weight excluding hydrogens is 302 g/mol. The highest BCUT2D eigenvalue weighted by Crippen LogP contribution is 2.32. The van der Waals surface area contributed by atoms with Crippen LogP contribution in [0.1, 0.15) is 26.3 Å². The first kappa shape index (κ1) is 16.1. The molecule has 0 unspecified atom stereocenters. The summed E-state index contributed by atoms with van der Waals surface area (Å²) in [5.41, 5.74) is 4.58. The number of hydrogen-bond donors (Lipinski definition) is 1. The van der Waals surface area contributed by atoms with Crippen molar-refractivity contribution in [1.82, 2.24) is 4.57 Å². The zero-order chi connectivity index (χ0) is 17.5. The molecule has 4 heteroatoms. The number of aryl methyl sites for hydroxylation is 1. The number of carboxylic acid groups (broad SMARTS) is 1. The van der Waals surface area contributed by atoms with Gasteiger partial charge in [-0.15, -0.1) is 0 Å². The van der Waals surface area contributed by atoms with Crippen LogP contribution in [0.25, 0.3) is 22.0 Å². The van der Waals surface area contributed by atoms with E-state index in [1.54, 1.807) is 6.20 Å². The number of rotatable bonds is 2. The molecule has 2 aromatic carbocycles. The fraction of sp³-hybridized carbons (Fsp3) is 0.250. The van der Waals surface area contributed by atoms with Crippen molar-refractivity contribution in [2.45, 2.75) is 26.2 Å². The van der Waals surface area contributed by atoms with E-state index in [1.165, 1.54) is 5.56 Å². The number of ether oxygens (including phenoxy) is 1. The van der Waals surface area contributed by atoms with Gasteiger partial charge in [-0.2, -0.15) is 0 Å². The van der Waals surface area contributed by atoms with E-state index in [9.17, 15) is 4.79 Å². The van der Waals surface area contributed by atoms with E-state index >= 15 is 0 Å². The fourth-order valence-electron chi connectivity index (χ4n) is 2.86. The van der Waals surface area contributed by atoms with Crippen molar-refractivity contribution in [2.75, 3.05) is 0 Å². The fourth-order valence-corrected chi connectivity index (χ4v) is 2.86. The zero-order valence-electron chi connectivity index (χ0n) is 14.3. The van der Waals surface area contributed by atoms with E-state index in [1.807, 2.05) is 23.7 Å². The number of fused-ring (bicyclic) bond motifs is 1. The predicted octanol–water partition coefficient (Wildman–Crippen LogP) is 5.20. The Hall–Kier alpha value is -2.75. The van der Waals surface area contributed by atoms with E-state index in [2.05, 4.69) is 51.1 Å². The van der Waals surface area contributed by atoms with Gasteiger partial charge in [0, 0.05) is 18.6 Å². The molecule has 0 atom stereocenters. The largest absolute Gasteiger partial charge is 0.511 e. The number of nitrogens with zero attached hydrogens (tertiary/aromatic N) is 1. The van der Waals surface area contributed by atoms with E-state index in [0.29, 0.717) is 5.75 Å². The Morgan fingerprint density at radius 2 is 1.67 bits per heavy atom. The van der Waals surface area contributed by atoms with E-state index in [0.717, 1.165) is 22.0 Å². The van der Waals surface area contributed by atoms with Crippen LogP contribution < -0.4 is 4.74 Å². The zero-order valence-corrected chi connectivity index (χ0v) is 14.3. The third-order valence-electron chi connectivity index (χ3n) is 4.24. The Kier molecular flexibility index (Phi) is 3.84. The summed E-state index contributed by atoms with van der Waals surface area (Å²) in [5.74, 6) is 0.356. The molecule has 0 aliphatic heterocycles. The van der Waals surface area contributed by atoms with Gasteiger partial charge in [0.2, 0.25) is 0 Å². The van der Waals surface area contributed by atoms with Gasteiger partial charge < -0.3 is 14.4 Å². The Morgan fingerprint density at radius 1 is 1.04 bits per heavy atom. The van der Waals surface area contributed by atoms with Crippen molar-refractivity contribution in [2.24, 2.45) is 7.05 Å². The van der Waals surface area contributed by atoms with E-state index in [4.69, 9.17) is 9.84 Å². The first-order chi connectivity index (χ1) is 11.3. The minimum absolute atomic E-state index is 0.129. The van der Waals surface area contributed by atoms with Gasteiger partial charge >= 0.3 is 6.16 Å². The first-order valence-electron chi connectivity index (χ1n) is 7.86. The highest BCUT2D eigenvalue weighted by molar-refractivity contribution is 5.91. The number of aromatic nitrogens is 1. The summed E-state index contributed by atoms with van der Waals surface area (Å²) in [6.45, 7) is 6.59. The molecular formula is C20H21NO3. The summed E-state index contributed by atoms with van der Waals surface area (Å²) in [6, 6.07) is 14.5. The number of benzene rings is 2. The lowest BCUT2D eigenvalue weighted by Gasteiger charge is -2.19. The summed E-state index contributed by atoms with van der Waals surface area (Å²) in [7, 11) is 1.88. The van der Waals surface area contributed by atoms with Crippen molar-refractivity contribution in [1.29, 1.82) is 0 Å². The maximum Gasteiger partial charge on any atom is 0.511 e. The SMILES string of the molecule is Cn1cc(OC(=O)O)c2ccc(-c3ccc(C(C)(C)C)cc3)cc21. The van der Waals surface area contributed by atoms with Gasteiger partial charge in [0.25, 0.3) is 0 Å². The molecule has 0 amide bonds. The smallest absolute Gasteiger partial charge is 0.449 e. The molecule has 3 rings (SSSR count). The van der Waals surface area contributed by atoms with Crippen molar-refractivity contribution >= 4 is 17.1 Å². The Balaban J connectivity index is 2.02. The standard InChI is InChI=1S/C20H21NO3/c1-20(2,3)15-8-5-13(6-9-15)14-7-10-16-17(11-14)21(4)12-18(16)24-19(22)23/h5-12H,1-4H3,(H,22,23). The van der Waals surface area contributed by atoms with Crippen LogP contribution in [-0.2, 0) is 12.5 Å². The molecule has 0 radical (unpaired) electrons. The molecule has 0 saturated carbocycles. The average molecular weight is 323 g/mol. The third-order valence-corrected chi connectivity index (χ3v) is 4.24. The second-order valence-corrected chi connectivity index (χ2v) is 7.03. The normalized spacial score (nSPS) is 11.7. The van der Waals surface area contributed by atoms with Gasteiger partial charge in [-0.1, -0.05) is 51.1 Å². The second-order valence-electron chi connectivity index (χ2n) is 7.03. The molecule has 4 nitrogen and oxygen atoms in total. The van der Waals surface area contributed by atoms with Crippen LogP contribution in [0, 0.1) is 0 Å². The van der Waals surface area contributed by atoms with Crippen molar-refractivity contribution < 1.29 is 14.6 Å². The van der Waals surface area contributed by atoms with Crippen molar-refractivity contribution in [3.63, 3.8) is 0 Å². The molecule has 0 saturated heterocycles.